The zero-order valence-electron chi connectivity index (χ0n) is 17.7. The average molecular weight is 435 g/mol. The third-order valence-corrected chi connectivity index (χ3v) is 4.97. The first-order chi connectivity index (χ1) is 14.4. The molecule has 166 valence electrons. The number of carbonyl (C=O) groups is 1. The molecule has 0 aliphatic rings. The molecular weight excluding hydrogens is 411 g/mol. The molecule has 31 heavy (non-hydrogen) atoms. The van der Waals surface area contributed by atoms with E-state index in [1.54, 1.807) is 18.3 Å². The van der Waals surface area contributed by atoms with Crippen LogP contribution in [-0.2, 0) is 5.54 Å². The van der Waals surface area contributed by atoms with Gasteiger partial charge in [0, 0.05) is 23.7 Å². The molecular formula is C22H24F3N3O3. The van der Waals surface area contributed by atoms with Crippen molar-refractivity contribution in [2.45, 2.75) is 38.4 Å². The van der Waals surface area contributed by atoms with E-state index in [-0.39, 0.29) is 17.1 Å². The van der Waals surface area contributed by atoms with Crippen LogP contribution in [0.2, 0.25) is 0 Å². The highest BCUT2D eigenvalue weighted by atomic mass is 19.4. The van der Waals surface area contributed by atoms with Crippen LogP contribution in [0.25, 0.3) is 16.9 Å². The number of aromatic nitrogens is 2. The van der Waals surface area contributed by atoms with Crippen molar-refractivity contribution in [1.82, 2.24) is 9.38 Å². The van der Waals surface area contributed by atoms with E-state index in [2.05, 4.69) is 4.98 Å². The maximum Gasteiger partial charge on any atom is 0.389 e. The molecule has 0 saturated carbocycles. The number of alkyl halides is 3. The molecule has 2 aromatic heterocycles. The molecule has 3 aromatic rings. The van der Waals surface area contributed by atoms with E-state index in [1.807, 2.05) is 36.6 Å². The van der Waals surface area contributed by atoms with Gasteiger partial charge in [0.05, 0.1) is 32.5 Å². The number of rotatable bonds is 7. The Labute approximate surface area is 177 Å². The summed E-state index contributed by atoms with van der Waals surface area (Å²) in [5.41, 5.74) is 8.54. The number of pyridine rings is 1. The second-order valence-electron chi connectivity index (χ2n) is 7.80. The summed E-state index contributed by atoms with van der Waals surface area (Å²) in [5, 5.41) is 0. The molecule has 9 heteroatoms. The van der Waals surface area contributed by atoms with E-state index in [9.17, 15) is 18.0 Å². The normalized spacial score (nSPS) is 12.3. The van der Waals surface area contributed by atoms with E-state index in [1.165, 1.54) is 14.2 Å². The van der Waals surface area contributed by atoms with Gasteiger partial charge in [0.15, 0.2) is 5.78 Å². The van der Waals surface area contributed by atoms with Crippen LogP contribution in [-0.4, -0.2) is 35.6 Å². The Kier molecular flexibility index (Phi) is 6.00. The van der Waals surface area contributed by atoms with Crippen molar-refractivity contribution in [1.29, 1.82) is 0 Å². The van der Waals surface area contributed by atoms with Crippen LogP contribution in [0.1, 0.15) is 42.6 Å². The topological polar surface area (TPSA) is 78.8 Å². The van der Waals surface area contributed by atoms with Gasteiger partial charge in [-0.15, -0.1) is 0 Å². The summed E-state index contributed by atoms with van der Waals surface area (Å²) in [6.07, 6.45) is -2.84. The summed E-state index contributed by atoms with van der Waals surface area (Å²) in [6.45, 7) is 3.79. The molecule has 0 aliphatic carbocycles. The van der Waals surface area contributed by atoms with Gasteiger partial charge in [-0.1, -0.05) is 0 Å². The van der Waals surface area contributed by atoms with Crippen LogP contribution in [0.3, 0.4) is 0 Å². The molecule has 0 saturated heterocycles. The molecule has 6 nitrogen and oxygen atoms in total. The third-order valence-electron chi connectivity index (χ3n) is 4.97. The van der Waals surface area contributed by atoms with Crippen LogP contribution in [0, 0.1) is 0 Å². The van der Waals surface area contributed by atoms with Crippen LogP contribution in [0.4, 0.5) is 13.2 Å². The van der Waals surface area contributed by atoms with Crippen molar-refractivity contribution in [3.63, 3.8) is 0 Å². The Bertz CT molecular complexity index is 1090. The van der Waals surface area contributed by atoms with Crippen LogP contribution >= 0.6 is 0 Å². The fourth-order valence-electron chi connectivity index (χ4n) is 3.31. The minimum absolute atomic E-state index is 0.0148. The molecule has 0 amide bonds. The van der Waals surface area contributed by atoms with Gasteiger partial charge in [0.2, 0.25) is 0 Å². The van der Waals surface area contributed by atoms with E-state index in [4.69, 9.17) is 15.2 Å². The largest absolute Gasteiger partial charge is 0.496 e. The number of ether oxygens (including phenoxy) is 2. The number of ketones is 1. The quantitative estimate of drug-likeness (QED) is 0.543. The Morgan fingerprint density at radius 2 is 1.74 bits per heavy atom. The molecule has 3 rings (SSSR count). The minimum Gasteiger partial charge on any atom is -0.496 e. The number of hydrogen-bond donors (Lipinski definition) is 1. The van der Waals surface area contributed by atoms with E-state index in [0.29, 0.717) is 16.9 Å². The van der Waals surface area contributed by atoms with Gasteiger partial charge in [-0.05, 0) is 43.7 Å². The molecule has 0 spiro atoms. The second kappa shape index (κ2) is 8.22. The van der Waals surface area contributed by atoms with E-state index >= 15 is 0 Å². The van der Waals surface area contributed by atoms with E-state index < -0.39 is 30.3 Å². The second-order valence-corrected chi connectivity index (χ2v) is 7.80. The number of benzene rings is 1. The number of methoxy groups -OCH3 is 2. The fourth-order valence-corrected chi connectivity index (χ4v) is 3.31. The van der Waals surface area contributed by atoms with Crippen molar-refractivity contribution >= 4 is 11.4 Å². The van der Waals surface area contributed by atoms with Crippen molar-refractivity contribution < 1.29 is 27.4 Å². The summed E-state index contributed by atoms with van der Waals surface area (Å²) in [7, 11) is 2.70. The Hall–Kier alpha value is -3.07. The lowest BCUT2D eigenvalue weighted by atomic mass is 9.97. The number of halogens is 3. The molecule has 0 fully saturated rings. The number of hydrogen-bond acceptors (Lipinski definition) is 5. The van der Waals surface area contributed by atoms with Crippen molar-refractivity contribution in [2.75, 3.05) is 14.2 Å². The smallest absolute Gasteiger partial charge is 0.389 e. The summed E-state index contributed by atoms with van der Waals surface area (Å²) in [6, 6.07) is 6.95. The number of fused-ring (bicyclic) bond motifs is 1. The monoisotopic (exact) mass is 435 g/mol. The summed E-state index contributed by atoms with van der Waals surface area (Å²) in [4.78, 5) is 16.9. The molecule has 1 aromatic carbocycles. The van der Waals surface area contributed by atoms with Gasteiger partial charge in [0.25, 0.3) is 0 Å². The minimum atomic E-state index is -4.43. The molecule has 0 radical (unpaired) electrons. The SMILES string of the molecule is COc1cc(-c2cnc3cc(C(C)(C)N)ccn23)cc(OC)c1C(=O)CCC(F)(F)F. The maximum absolute atomic E-state index is 12.6. The number of nitrogens with zero attached hydrogens (tertiary/aromatic N) is 2. The highest BCUT2D eigenvalue weighted by Crippen LogP contribution is 2.37. The highest BCUT2D eigenvalue weighted by Gasteiger charge is 2.30. The van der Waals surface area contributed by atoms with Crippen LogP contribution in [0.15, 0.2) is 36.7 Å². The molecule has 0 bridgehead atoms. The number of Topliss-reactive ketones (excluding diaryl/α,β-unsaturated/α-hetero) is 1. The Morgan fingerprint density at radius 1 is 1.13 bits per heavy atom. The van der Waals surface area contributed by atoms with Gasteiger partial charge in [-0.3, -0.25) is 9.20 Å². The van der Waals surface area contributed by atoms with Gasteiger partial charge < -0.3 is 15.2 Å². The summed E-state index contributed by atoms with van der Waals surface area (Å²) < 4.78 is 50.2. The zero-order chi connectivity index (χ0) is 23.0. The first kappa shape index (κ1) is 22.6. The lowest BCUT2D eigenvalue weighted by Crippen LogP contribution is -2.28. The van der Waals surface area contributed by atoms with Crippen molar-refractivity contribution in [3.8, 4) is 22.8 Å². The molecule has 2 heterocycles. The number of nitrogens with two attached hydrogens (primary N) is 1. The van der Waals surface area contributed by atoms with Crippen molar-refractivity contribution in [3.05, 3.63) is 47.8 Å². The average Bonchev–Trinajstić information content (AvgIpc) is 3.13. The first-order valence-corrected chi connectivity index (χ1v) is 9.57. The molecule has 0 atom stereocenters. The lowest BCUT2D eigenvalue weighted by Gasteiger charge is -2.19. The zero-order valence-corrected chi connectivity index (χ0v) is 17.7. The predicted molar refractivity (Wildman–Crippen MR) is 111 cm³/mol. The maximum atomic E-state index is 12.6. The molecule has 2 N–H and O–H groups in total. The summed E-state index contributed by atoms with van der Waals surface area (Å²) >= 11 is 0. The van der Waals surface area contributed by atoms with Crippen LogP contribution < -0.4 is 15.2 Å². The Morgan fingerprint density at radius 3 is 2.26 bits per heavy atom. The number of imidazole rings is 1. The first-order valence-electron chi connectivity index (χ1n) is 9.57. The number of carbonyl (C=O) groups excluding carboxylic acids is 1. The lowest BCUT2D eigenvalue weighted by molar-refractivity contribution is -0.133. The highest BCUT2D eigenvalue weighted by molar-refractivity contribution is 6.02. The summed E-state index contributed by atoms with van der Waals surface area (Å²) in [5.74, 6) is -0.432. The van der Waals surface area contributed by atoms with Gasteiger partial charge in [0.1, 0.15) is 22.7 Å². The fraction of sp³-hybridized carbons (Fsp3) is 0.364. The third kappa shape index (κ3) is 4.82. The van der Waals surface area contributed by atoms with Gasteiger partial charge in [-0.25, -0.2) is 4.98 Å². The standard InChI is InChI=1S/C22H24F3N3O3/c1-21(2,26)14-6-8-28-15(12-27-19(28)11-14)13-9-17(30-3)20(18(10-13)31-4)16(29)5-7-22(23,24)25/h6,8-12H,5,7,26H2,1-4H3. The molecule has 0 unspecified atom stereocenters. The van der Waals surface area contributed by atoms with E-state index in [0.717, 1.165) is 5.56 Å². The van der Waals surface area contributed by atoms with Crippen molar-refractivity contribution in [2.24, 2.45) is 5.73 Å². The van der Waals surface area contributed by atoms with Gasteiger partial charge >= 0.3 is 6.18 Å². The Balaban J connectivity index is 2.06. The van der Waals surface area contributed by atoms with Gasteiger partial charge in [-0.2, -0.15) is 13.2 Å². The molecule has 0 aliphatic heterocycles. The predicted octanol–water partition coefficient (Wildman–Crippen LogP) is 4.74. The van der Waals surface area contributed by atoms with Crippen LogP contribution in [0.5, 0.6) is 11.5 Å².